The Kier molecular flexibility index (Phi) is 5.08. The SMILES string of the molecule is CSCCNS(=O)(=O)c1ccsc1CNC1CC1. The third-order valence-electron chi connectivity index (χ3n) is 2.72. The third-order valence-corrected chi connectivity index (χ3v) is 5.93. The lowest BCUT2D eigenvalue weighted by molar-refractivity contribution is 0.582. The van der Waals surface area contributed by atoms with Crippen LogP contribution in [-0.2, 0) is 16.6 Å². The Bertz CT molecular complexity index is 480. The summed E-state index contributed by atoms with van der Waals surface area (Å²) in [7, 11) is -3.34. The van der Waals surface area contributed by atoms with Crippen molar-refractivity contribution in [3.63, 3.8) is 0 Å². The van der Waals surface area contributed by atoms with E-state index >= 15 is 0 Å². The van der Waals surface area contributed by atoms with Gasteiger partial charge in [-0.05, 0) is 30.5 Å². The second kappa shape index (κ2) is 6.38. The predicted molar refractivity (Wildman–Crippen MR) is 77.8 cm³/mol. The largest absolute Gasteiger partial charge is 0.309 e. The van der Waals surface area contributed by atoms with Crippen LogP contribution in [0.4, 0.5) is 0 Å². The average molecular weight is 306 g/mol. The van der Waals surface area contributed by atoms with Crippen molar-refractivity contribution < 1.29 is 8.42 Å². The molecular weight excluding hydrogens is 288 g/mol. The van der Waals surface area contributed by atoms with E-state index in [0.717, 1.165) is 10.6 Å². The van der Waals surface area contributed by atoms with Crippen LogP contribution in [0, 0.1) is 0 Å². The average Bonchev–Trinajstić information content (AvgIpc) is 3.03. The highest BCUT2D eigenvalue weighted by Crippen LogP contribution is 2.24. The van der Waals surface area contributed by atoms with Crippen molar-refractivity contribution in [1.29, 1.82) is 0 Å². The van der Waals surface area contributed by atoms with Gasteiger partial charge in [0.1, 0.15) is 0 Å². The van der Waals surface area contributed by atoms with Gasteiger partial charge in [-0.3, -0.25) is 0 Å². The van der Waals surface area contributed by atoms with Gasteiger partial charge in [-0.25, -0.2) is 13.1 Å². The summed E-state index contributed by atoms with van der Waals surface area (Å²) in [5.41, 5.74) is 0. The minimum absolute atomic E-state index is 0.432. The van der Waals surface area contributed by atoms with Crippen molar-refractivity contribution in [2.45, 2.75) is 30.3 Å². The summed E-state index contributed by atoms with van der Waals surface area (Å²) < 4.78 is 26.9. The van der Waals surface area contributed by atoms with Crippen LogP contribution in [-0.4, -0.2) is 33.0 Å². The molecule has 0 bridgehead atoms. The quantitative estimate of drug-likeness (QED) is 0.717. The molecule has 0 aromatic carbocycles. The zero-order chi connectivity index (χ0) is 13.0. The standard InChI is InChI=1S/C11H18N2O2S3/c1-16-7-5-13-18(14,15)11-4-6-17-10(11)8-12-9-2-3-9/h4,6,9,12-13H,2-3,5,7-8H2,1H3. The number of nitrogens with one attached hydrogen (secondary N) is 2. The molecule has 7 heteroatoms. The molecule has 0 amide bonds. The molecule has 1 aromatic heterocycles. The van der Waals surface area contributed by atoms with E-state index in [1.54, 1.807) is 17.8 Å². The topological polar surface area (TPSA) is 58.2 Å². The van der Waals surface area contributed by atoms with Gasteiger partial charge in [-0.15, -0.1) is 11.3 Å². The number of hydrogen-bond acceptors (Lipinski definition) is 5. The minimum atomic E-state index is -3.34. The predicted octanol–water partition coefficient (Wildman–Crippen LogP) is 1.64. The summed E-state index contributed by atoms with van der Waals surface area (Å²) in [6.07, 6.45) is 4.38. The number of thiophene rings is 1. The molecule has 0 spiro atoms. The summed E-state index contributed by atoms with van der Waals surface area (Å²) >= 11 is 3.13. The Morgan fingerprint density at radius 2 is 2.28 bits per heavy atom. The van der Waals surface area contributed by atoms with Crippen molar-refractivity contribution in [3.05, 3.63) is 16.3 Å². The van der Waals surface area contributed by atoms with E-state index in [2.05, 4.69) is 10.0 Å². The number of sulfonamides is 1. The molecule has 0 aliphatic heterocycles. The van der Waals surface area contributed by atoms with Crippen molar-refractivity contribution >= 4 is 33.1 Å². The van der Waals surface area contributed by atoms with Crippen LogP contribution in [0.5, 0.6) is 0 Å². The number of thioether (sulfide) groups is 1. The van der Waals surface area contributed by atoms with Crippen LogP contribution in [0.1, 0.15) is 17.7 Å². The fraction of sp³-hybridized carbons (Fsp3) is 0.636. The van der Waals surface area contributed by atoms with E-state index in [4.69, 9.17) is 0 Å². The highest BCUT2D eigenvalue weighted by molar-refractivity contribution is 7.98. The first kappa shape index (κ1) is 14.3. The molecular formula is C11H18N2O2S3. The van der Waals surface area contributed by atoms with Gasteiger partial charge in [0.05, 0.1) is 4.90 Å². The van der Waals surface area contributed by atoms with Gasteiger partial charge in [-0.2, -0.15) is 11.8 Å². The fourth-order valence-electron chi connectivity index (χ4n) is 1.58. The smallest absolute Gasteiger partial charge is 0.241 e. The first-order chi connectivity index (χ1) is 8.63. The van der Waals surface area contributed by atoms with Gasteiger partial charge in [0.2, 0.25) is 10.0 Å². The van der Waals surface area contributed by atoms with Crippen LogP contribution in [0.15, 0.2) is 16.3 Å². The zero-order valence-electron chi connectivity index (χ0n) is 10.3. The lowest BCUT2D eigenvalue weighted by Crippen LogP contribution is -2.27. The fourth-order valence-corrected chi connectivity index (χ4v) is 4.44. The number of rotatable bonds is 8. The van der Waals surface area contributed by atoms with E-state index in [9.17, 15) is 8.42 Å². The molecule has 1 saturated carbocycles. The van der Waals surface area contributed by atoms with Crippen molar-refractivity contribution in [2.24, 2.45) is 0 Å². The van der Waals surface area contributed by atoms with Gasteiger partial charge >= 0.3 is 0 Å². The molecule has 0 atom stereocenters. The Morgan fingerprint density at radius 3 is 2.94 bits per heavy atom. The third kappa shape index (κ3) is 3.96. The van der Waals surface area contributed by atoms with E-state index in [1.807, 2.05) is 11.6 Å². The first-order valence-corrected chi connectivity index (χ1v) is 9.67. The second-order valence-electron chi connectivity index (χ2n) is 4.25. The molecule has 18 heavy (non-hydrogen) atoms. The van der Waals surface area contributed by atoms with Gasteiger partial charge in [0.15, 0.2) is 0 Å². The molecule has 0 saturated heterocycles. The summed E-state index contributed by atoms with van der Waals surface area (Å²) in [6.45, 7) is 1.13. The normalized spacial score (nSPS) is 16.1. The molecule has 0 unspecified atom stereocenters. The molecule has 102 valence electrons. The lowest BCUT2D eigenvalue weighted by atomic mass is 10.4. The highest BCUT2D eigenvalue weighted by atomic mass is 32.2. The Labute approximate surface area is 117 Å². The van der Waals surface area contributed by atoms with Crippen LogP contribution in [0.25, 0.3) is 0 Å². The monoisotopic (exact) mass is 306 g/mol. The second-order valence-corrected chi connectivity index (χ2v) is 7.98. The highest BCUT2D eigenvalue weighted by Gasteiger charge is 2.23. The van der Waals surface area contributed by atoms with Crippen molar-refractivity contribution in [1.82, 2.24) is 10.0 Å². The van der Waals surface area contributed by atoms with Crippen LogP contribution >= 0.6 is 23.1 Å². The summed E-state index contributed by atoms with van der Waals surface area (Å²) in [5.74, 6) is 0.791. The molecule has 2 N–H and O–H groups in total. The summed E-state index contributed by atoms with van der Waals surface area (Å²) in [4.78, 5) is 1.33. The Morgan fingerprint density at radius 1 is 1.50 bits per heavy atom. The molecule has 1 heterocycles. The molecule has 4 nitrogen and oxygen atoms in total. The number of hydrogen-bond donors (Lipinski definition) is 2. The van der Waals surface area contributed by atoms with Gasteiger partial charge in [0, 0.05) is 29.8 Å². The Hall–Kier alpha value is -0.0800. The van der Waals surface area contributed by atoms with Crippen LogP contribution in [0.2, 0.25) is 0 Å². The Balaban J connectivity index is 1.99. The van der Waals surface area contributed by atoms with Crippen LogP contribution < -0.4 is 10.0 Å². The van der Waals surface area contributed by atoms with Gasteiger partial charge < -0.3 is 5.32 Å². The molecule has 2 rings (SSSR count). The van der Waals surface area contributed by atoms with Gasteiger partial charge in [-0.1, -0.05) is 0 Å². The molecule has 0 radical (unpaired) electrons. The van der Waals surface area contributed by atoms with Crippen molar-refractivity contribution in [2.75, 3.05) is 18.6 Å². The maximum Gasteiger partial charge on any atom is 0.241 e. The molecule has 1 fully saturated rings. The van der Waals surface area contributed by atoms with E-state index in [1.165, 1.54) is 24.2 Å². The van der Waals surface area contributed by atoms with Crippen LogP contribution in [0.3, 0.4) is 0 Å². The lowest BCUT2D eigenvalue weighted by Gasteiger charge is -2.07. The van der Waals surface area contributed by atoms with Crippen molar-refractivity contribution in [3.8, 4) is 0 Å². The first-order valence-electron chi connectivity index (χ1n) is 5.92. The zero-order valence-corrected chi connectivity index (χ0v) is 12.8. The van der Waals surface area contributed by atoms with Gasteiger partial charge in [0.25, 0.3) is 0 Å². The molecule has 1 aliphatic carbocycles. The van der Waals surface area contributed by atoms with E-state index in [0.29, 0.717) is 24.0 Å². The minimum Gasteiger partial charge on any atom is -0.309 e. The maximum absolute atomic E-state index is 12.1. The summed E-state index contributed by atoms with van der Waals surface area (Å²) in [6, 6.07) is 2.28. The molecule has 1 aromatic rings. The molecule has 1 aliphatic rings. The summed E-state index contributed by atoms with van der Waals surface area (Å²) in [5, 5.41) is 5.19. The van der Waals surface area contributed by atoms with E-state index < -0.39 is 10.0 Å². The van der Waals surface area contributed by atoms with E-state index in [-0.39, 0.29) is 0 Å². The maximum atomic E-state index is 12.1.